The second kappa shape index (κ2) is 17.1. The second-order valence-corrected chi connectivity index (χ2v) is 11.2. The molecule has 10 heteroatoms. The summed E-state index contributed by atoms with van der Waals surface area (Å²) in [5, 5.41) is 33.6. The van der Waals surface area contributed by atoms with Crippen LogP contribution >= 0.6 is 0 Å². The van der Waals surface area contributed by atoms with Crippen LogP contribution in [0.2, 0.25) is 0 Å². The Morgan fingerprint density at radius 1 is 0.744 bits per heavy atom. The maximum atomic E-state index is 13.2. The van der Waals surface area contributed by atoms with Gasteiger partial charge in [-0.25, -0.2) is 0 Å². The summed E-state index contributed by atoms with van der Waals surface area (Å²) < 4.78 is 0. The number of aliphatic hydroxyl groups excluding tert-OH is 1. The molecule has 1 fully saturated rings. The van der Waals surface area contributed by atoms with Gasteiger partial charge in [-0.05, 0) is 24.1 Å². The normalized spacial score (nSPS) is 16.1. The van der Waals surface area contributed by atoms with Crippen molar-refractivity contribution in [1.82, 2.24) is 4.90 Å². The van der Waals surface area contributed by atoms with E-state index in [0.717, 1.165) is 19.3 Å². The molecular weight excluding hydrogens is 550 g/mol. The largest absolute Gasteiger partial charge is 0.507 e. The Hall–Kier alpha value is -4.08. The van der Waals surface area contributed by atoms with Crippen molar-refractivity contribution in [1.29, 1.82) is 0 Å². The number of nitro groups is 2. The number of aliphatic hydroxyl groups is 1. The molecule has 3 rings (SSSR count). The topological polar surface area (TPSA) is 144 Å². The van der Waals surface area contributed by atoms with E-state index in [1.807, 2.05) is 0 Å². The predicted octanol–water partition coefficient (Wildman–Crippen LogP) is 8.41. The molecule has 1 unspecified atom stereocenters. The molecule has 1 atom stereocenters. The summed E-state index contributed by atoms with van der Waals surface area (Å²) >= 11 is 0. The molecule has 2 aromatic rings. The van der Waals surface area contributed by atoms with Crippen molar-refractivity contribution in [3.05, 3.63) is 85.5 Å². The zero-order valence-electron chi connectivity index (χ0n) is 25.0. The molecule has 1 aliphatic heterocycles. The van der Waals surface area contributed by atoms with Crippen LogP contribution in [0, 0.1) is 20.2 Å². The van der Waals surface area contributed by atoms with E-state index in [4.69, 9.17) is 0 Å². The first-order valence-corrected chi connectivity index (χ1v) is 15.5. The molecule has 1 N–H and O–H groups in total. The maximum Gasteiger partial charge on any atom is 0.295 e. The fourth-order valence-electron chi connectivity index (χ4n) is 5.64. The molecule has 1 saturated heterocycles. The number of amides is 1. The number of likely N-dealkylation sites (tertiary alicyclic amines) is 1. The minimum absolute atomic E-state index is 0.135. The van der Waals surface area contributed by atoms with E-state index in [9.17, 15) is 34.9 Å². The van der Waals surface area contributed by atoms with Gasteiger partial charge in [0.1, 0.15) is 5.76 Å². The number of nitro benzene ring substituents is 2. The summed E-state index contributed by atoms with van der Waals surface area (Å²) in [6.45, 7) is 2.49. The van der Waals surface area contributed by atoms with Crippen LogP contribution < -0.4 is 0 Å². The highest BCUT2D eigenvalue weighted by molar-refractivity contribution is 6.46. The number of ketones is 1. The molecule has 0 spiro atoms. The highest BCUT2D eigenvalue weighted by Crippen LogP contribution is 2.40. The fourth-order valence-corrected chi connectivity index (χ4v) is 5.64. The third kappa shape index (κ3) is 9.46. The van der Waals surface area contributed by atoms with Gasteiger partial charge in [-0.1, -0.05) is 103 Å². The van der Waals surface area contributed by atoms with Crippen LogP contribution in [0.1, 0.15) is 114 Å². The highest BCUT2D eigenvalue weighted by Gasteiger charge is 2.46. The van der Waals surface area contributed by atoms with E-state index in [2.05, 4.69) is 6.92 Å². The Balaban J connectivity index is 1.63. The Labute approximate surface area is 253 Å². The van der Waals surface area contributed by atoms with Crippen molar-refractivity contribution in [2.45, 2.75) is 103 Å². The zero-order valence-corrected chi connectivity index (χ0v) is 25.0. The van der Waals surface area contributed by atoms with E-state index >= 15 is 0 Å². The first kappa shape index (κ1) is 33.4. The fraction of sp³-hybridized carbons (Fsp3) is 0.515. The summed E-state index contributed by atoms with van der Waals surface area (Å²) in [6.07, 6.45) is 16.5. The van der Waals surface area contributed by atoms with Crippen molar-refractivity contribution in [2.75, 3.05) is 6.54 Å². The number of carbonyl (C=O) groups is 2. The standard InChI is InChI=1S/C33H43N3O7/c1-2-3-4-5-6-7-8-9-10-11-12-13-14-15-23-34-30(26-17-16-18-28(24-26)36(42)43)29(32(38)33(34)39)31(37)25-19-21-27(22-20-25)35(40)41/h16-22,24,30,37H,2-15,23H2,1H3. The number of carbonyl (C=O) groups excluding carboxylic acids is 2. The van der Waals surface area contributed by atoms with Gasteiger partial charge in [-0.2, -0.15) is 0 Å². The summed E-state index contributed by atoms with van der Waals surface area (Å²) in [5.41, 5.74) is -0.109. The van der Waals surface area contributed by atoms with Gasteiger partial charge in [-0.3, -0.25) is 29.8 Å². The monoisotopic (exact) mass is 593 g/mol. The van der Waals surface area contributed by atoms with Crippen LogP contribution in [-0.4, -0.2) is 38.1 Å². The van der Waals surface area contributed by atoms with Gasteiger partial charge in [0, 0.05) is 36.4 Å². The maximum absolute atomic E-state index is 13.2. The molecule has 0 bridgehead atoms. The van der Waals surface area contributed by atoms with Gasteiger partial charge in [0.05, 0.1) is 21.5 Å². The van der Waals surface area contributed by atoms with Crippen molar-refractivity contribution in [3.63, 3.8) is 0 Å². The number of hydrogen-bond donors (Lipinski definition) is 1. The molecule has 0 saturated carbocycles. The van der Waals surface area contributed by atoms with Crippen LogP contribution in [0.5, 0.6) is 0 Å². The SMILES string of the molecule is CCCCCCCCCCCCCCCCN1C(=O)C(=O)C(=C(O)c2ccc([N+](=O)[O-])cc2)C1c1cccc([N+](=O)[O-])c1. The van der Waals surface area contributed by atoms with Crippen LogP contribution in [-0.2, 0) is 9.59 Å². The van der Waals surface area contributed by atoms with Crippen LogP contribution in [0.15, 0.2) is 54.1 Å². The minimum Gasteiger partial charge on any atom is -0.507 e. The molecule has 232 valence electrons. The lowest BCUT2D eigenvalue weighted by Gasteiger charge is -2.25. The number of rotatable bonds is 19. The highest BCUT2D eigenvalue weighted by atomic mass is 16.6. The van der Waals surface area contributed by atoms with E-state index in [-0.39, 0.29) is 29.1 Å². The molecule has 2 aromatic carbocycles. The molecule has 43 heavy (non-hydrogen) atoms. The van der Waals surface area contributed by atoms with Crippen LogP contribution in [0.4, 0.5) is 11.4 Å². The molecule has 1 heterocycles. The number of benzene rings is 2. The van der Waals surface area contributed by atoms with E-state index < -0.39 is 33.3 Å². The second-order valence-electron chi connectivity index (χ2n) is 11.2. The van der Waals surface area contributed by atoms with Gasteiger partial charge in [0.2, 0.25) is 0 Å². The smallest absolute Gasteiger partial charge is 0.295 e. The van der Waals surface area contributed by atoms with Gasteiger partial charge in [0.25, 0.3) is 23.1 Å². The lowest BCUT2D eigenvalue weighted by atomic mass is 9.95. The first-order chi connectivity index (χ1) is 20.8. The molecular formula is C33H43N3O7. The Morgan fingerprint density at radius 2 is 1.26 bits per heavy atom. The molecule has 0 aromatic heterocycles. The van der Waals surface area contributed by atoms with Crippen molar-refractivity contribution in [2.24, 2.45) is 0 Å². The van der Waals surface area contributed by atoms with Crippen molar-refractivity contribution < 1.29 is 24.5 Å². The molecule has 0 radical (unpaired) electrons. The summed E-state index contributed by atoms with van der Waals surface area (Å²) in [7, 11) is 0. The number of nitrogens with zero attached hydrogens (tertiary/aromatic N) is 3. The Bertz CT molecular complexity index is 1290. The van der Waals surface area contributed by atoms with E-state index in [0.29, 0.717) is 12.0 Å². The van der Waals surface area contributed by atoms with Crippen molar-refractivity contribution in [3.8, 4) is 0 Å². The Morgan fingerprint density at radius 3 is 1.77 bits per heavy atom. The summed E-state index contributed by atoms with van der Waals surface area (Å²) in [6, 6.07) is 9.67. The number of Topliss-reactive ketones (excluding diaryl/α,β-unsaturated/α-hetero) is 1. The van der Waals surface area contributed by atoms with Crippen molar-refractivity contribution >= 4 is 28.8 Å². The summed E-state index contributed by atoms with van der Waals surface area (Å²) in [5.74, 6) is -2.15. The molecule has 10 nitrogen and oxygen atoms in total. The number of non-ortho nitro benzene ring substituents is 2. The number of unbranched alkanes of at least 4 members (excludes halogenated alkanes) is 13. The van der Waals surface area contributed by atoms with Gasteiger partial charge >= 0.3 is 0 Å². The van der Waals surface area contributed by atoms with Gasteiger partial charge in [0.15, 0.2) is 0 Å². The molecule has 1 amide bonds. The van der Waals surface area contributed by atoms with Gasteiger partial charge < -0.3 is 10.0 Å². The average molecular weight is 594 g/mol. The summed E-state index contributed by atoms with van der Waals surface area (Å²) in [4.78, 5) is 49.1. The minimum atomic E-state index is -1.02. The lowest BCUT2D eigenvalue weighted by molar-refractivity contribution is -0.385. The predicted molar refractivity (Wildman–Crippen MR) is 166 cm³/mol. The molecule has 1 aliphatic rings. The lowest BCUT2D eigenvalue weighted by Crippen LogP contribution is -2.30. The van der Waals surface area contributed by atoms with Gasteiger partial charge in [-0.15, -0.1) is 0 Å². The third-order valence-electron chi connectivity index (χ3n) is 8.04. The molecule has 0 aliphatic carbocycles. The Kier molecular flexibility index (Phi) is 13.3. The quantitative estimate of drug-likeness (QED) is 0.0430. The first-order valence-electron chi connectivity index (χ1n) is 15.5. The average Bonchev–Trinajstić information content (AvgIpc) is 3.26. The van der Waals surface area contributed by atoms with Crippen LogP contribution in [0.3, 0.4) is 0 Å². The van der Waals surface area contributed by atoms with Crippen LogP contribution in [0.25, 0.3) is 5.76 Å². The zero-order chi connectivity index (χ0) is 31.2. The van der Waals surface area contributed by atoms with E-state index in [1.54, 1.807) is 6.07 Å². The third-order valence-corrected chi connectivity index (χ3v) is 8.04. The number of hydrogen-bond acceptors (Lipinski definition) is 7. The van der Waals surface area contributed by atoms with E-state index in [1.165, 1.54) is 112 Å².